The molecule has 2 rings (SSSR count). The molecule has 4 heteroatoms. The van der Waals surface area contributed by atoms with Crippen molar-refractivity contribution in [1.82, 2.24) is 4.90 Å². The first-order valence-corrected chi connectivity index (χ1v) is 7.96. The second-order valence-corrected chi connectivity index (χ2v) is 6.57. The van der Waals surface area contributed by atoms with Crippen LogP contribution >= 0.6 is 11.3 Å². The molecule has 0 spiro atoms. The van der Waals surface area contributed by atoms with E-state index in [-0.39, 0.29) is 12.5 Å². The van der Waals surface area contributed by atoms with Crippen molar-refractivity contribution in [2.45, 2.75) is 39.5 Å². The summed E-state index contributed by atoms with van der Waals surface area (Å²) >= 11 is 1.61. The molecule has 1 aromatic rings. The van der Waals surface area contributed by atoms with Crippen LogP contribution in [0.1, 0.15) is 46.3 Å². The van der Waals surface area contributed by atoms with Gasteiger partial charge in [-0.2, -0.15) is 0 Å². The smallest absolute Gasteiger partial charge is 0.263 e. The zero-order valence-corrected chi connectivity index (χ0v) is 12.6. The normalized spacial score (nSPS) is 19.7. The van der Waals surface area contributed by atoms with Crippen LogP contribution in [0.3, 0.4) is 0 Å². The molecule has 1 N–H and O–H groups in total. The first-order valence-electron chi connectivity index (χ1n) is 7.15. The highest BCUT2D eigenvalue weighted by Gasteiger charge is 2.25. The van der Waals surface area contributed by atoms with Gasteiger partial charge in [0.1, 0.15) is 0 Å². The fraction of sp³-hybridized carbons (Fsp3) is 0.667. The zero-order chi connectivity index (χ0) is 13.8. The van der Waals surface area contributed by atoms with E-state index in [1.807, 2.05) is 4.90 Å². The number of hydrogen-bond donors (Lipinski definition) is 1. The average molecular weight is 281 g/mol. The van der Waals surface area contributed by atoms with Crippen LogP contribution in [0.25, 0.3) is 0 Å². The number of carbonyl (C=O) groups is 1. The van der Waals surface area contributed by atoms with E-state index in [9.17, 15) is 4.79 Å². The third-order valence-electron chi connectivity index (χ3n) is 3.96. The maximum atomic E-state index is 12.5. The van der Waals surface area contributed by atoms with E-state index in [0.717, 1.165) is 43.6 Å². The Bertz CT molecular complexity index is 439. The number of nitrogens with zero attached hydrogens (tertiary/aromatic N) is 1. The lowest BCUT2D eigenvalue weighted by Gasteiger charge is -2.32. The molecule has 1 aromatic heterocycles. The Balaban J connectivity index is 2.05. The summed E-state index contributed by atoms with van der Waals surface area (Å²) in [7, 11) is 0. The first-order chi connectivity index (χ1) is 9.15. The predicted octanol–water partition coefficient (Wildman–Crippen LogP) is 2.85. The van der Waals surface area contributed by atoms with Crippen molar-refractivity contribution in [1.29, 1.82) is 0 Å². The number of piperidine rings is 1. The van der Waals surface area contributed by atoms with E-state index < -0.39 is 0 Å². The number of aliphatic hydroxyl groups is 1. The Labute approximate surface area is 119 Å². The second-order valence-electron chi connectivity index (χ2n) is 5.32. The van der Waals surface area contributed by atoms with E-state index in [0.29, 0.717) is 5.92 Å². The molecule has 0 saturated carbocycles. The summed E-state index contributed by atoms with van der Waals surface area (Å²) < 4.78 is 0. The largest absolute Gasteiger partial charge is 0.396 e. The van der Waals surface area contributed by atoms with Crippen molar-refractivity contribution in [3.05, 3.63) is 21.4 Å². The summed E-state index contributed by atoms with van der Waals surface area (Å²) in [4.78, 5) is 16.6. The Kier molecular flexibility index (Phi) is 4.99. The monoisotopic (exact) mass is 281 g/mol. The van der Waals surface area contributed by atoms with E-state index >= 15 is 0 Å². The number of carbonyl (C=O) groups excluding carboxylic acids is 1. The number of hydrogen-bond acceptors (Lipinski definition) is 3. The van der Waals surface area contributed by atoms with Crippen LogP contribution in [0, 0.1) is 12.8 Å². The molecule has 0 aliphatic carbocycles. The van der Waals surface area contributed by atoms with Gasteiger partial charge in [0.2, 0.25) is 0 Å². The van der Waals surface area contributed by atoms with Gasteiger partial charge in [0.05, 0.1) is 4.88 Å². The van der Waals surface area contributed by atoms with Crippen molar-refractivity contribution in [3.8, 4) is 0 Å². The van der Waals surface area contributed by atoms with E-state index in [1.54, 1.807) is 11.3 Å². The number of aryl methyl sites for hydroxylation is 2. The minimum Gasteiger partial charge on any atom is -0.396 e. The van der Waals surface area contributed by atoms with Gasteiger partial charge in [0, 0.05) is 24.6 Å². The average Bonchev–Trinajstić information content (AvgIpc) is 2.80. The van der Waals surface area contributed by atoms with Crippen LogP contribution in [0.2, 0.25) is 0 Å². The predicted molar refractivity (Wildman–Crippen MR) is 78.8 cm³/mol. The lowest BCUT2D eigenvalue weighted by molar-refractivity contribution is 0.0658. The number of amides is 1. The topological polar surface area (TPSA) is 40.5 Å². The van der Waals surface area contributed by atoms with Crippen LogP contribution in [0.4, 0.5) is 0 Å². The van der Waals surface area contributed by atoms with Crippen molar-refractivity contribution in [2.24, 2.45) is 5.92 Å². The molecule has 1 unspecified atom stereocenters. The number of rotatable bonds is 4. The molecule has 2 heterocycles. The van der Waals surface area contributed by atoms with Gasteiger partial charge in [0.25, 0.3) is 5.91 Å². The molecular formula is C15H23NO2S. The van der Waals surface area contributed by atoms with Crippen LogP contribution in [0.15, 0.2) is 6.07 Å². The molecule has 0 radical (unpaired) electrons. The molecule has 1 aliphatic heterocycles. The highest BCUT2D eigenvalue weighted by atomic mass is 32.1. The number of likely N-dealkylation sites (tertiary alicyclic amines) is 1. The Morgan fingerprint density at radius 2 is 2.37 bits per heavy atom. The third kappa shape index (κ3) is 3.37. The quantitative estimate of drug-likeness (QED) is 0.922. The molecule has 1 fully saturated rings. The van der Waals surface area contributed by atoms with Crippen LogP contribution in [-0.2, 0) is 6.42 Å². The maximum absolute atomic E-state index is 12.5. The summed E-state index contributed by atoms with van der Waals surface area (Å²) in [5, 5.41) is 9.03. The molecule has 0 aromatic carbocycles. The first kappa shape index (κ1) is 14.5. The third-order valence-corrected chi connectivity index (χ3v) is 5.04. The highest BCUT2D eigenvalue weighted by Crippen LogP contribution is 2.26. The van der Waals surface area contributed by atoms with E-state index in [4.69, 9.17) is 5.11 Å². The molecular weight excluding hydrogens is 258 g/mol. The van der Waals surface area contributed by atoms with Gasteiger partial charge in [-0.3, -0.25) is 4.79 Å². The molecule has 19 heavy (non-hydrogen) atoms. The molecule has 106 valence electrons. The zero-order valence-electron chi connectivity index (χ0n) is 11.8. The Morgan fingerprint density at radius 3 is 3.00 bits per heavy atom. The second kappa shape index (κ2) is 6.53. The number of aliphatic hydroxyl groups excluding tert-OH is 1. The van der Waals surface area contributed by atoms with Crippen molar-refractivity contribution >= 4 is 17.2 Å². The van der Waals surface area contributed by atoms with Gasteiger partial charge >= 0.3 is 0 Å². The fourth-order valence-electron chi connectivity index (χ4n) is 2.80. The SMILES string of the molecule is CCc1cc(C(=O)N2CCCC(CCO)C2)sc1C. The van der Waals surface area contributed by atoms with Crippen molar-refractivity contribution in [2.75, 3.05) is 19.7 Å². The lowest BCUT2D eigenvalue weighted by atomic mass is 9.95. The minimum absolute atomic E-state index is 0.176. The van der Waals surface area contributed by atoms with Crippen LogP contribution in [-0.4, -0.2) is 35.6 Å². The van der Waals surface area contributed by atoms with Gasteiger partial charge < -0.3 is 10.0 Å². The number of thiophene rings is 1. The maximum Gasteiger partial charge on any atom is 0.263 e. The molecule has 1 aliphatic rings. The molecule has 1 amide bonds. The fourth-order valence-corrected chi connectivity index (χ4v) is 3.88. The van der Waals surface area contributed by atoms with Crippen molar-refractivity contribution < 1.29 is 9.90 Å². The minimum atomic E-state index is 0.176. The molecule has 0 bridgehead atoms. The summed E-state index contributed by atoms with van der Waals surface area (Å²) in [6.45, 7) is 6.11. The standard InChI is InChI=1S/C15H23NO2S/c1-3-13-9-14(19-11(13)2)15(18)16-7-4-5-12(10-16)6-8-17/h9,12,17H,3-8,10H2,1-2H3. The molecule has 3 nitrogen and oxygen atoms in total. The van der Waals surface area contributed by atoms with Gasteiger partial charge in [0.15, 0.2) is 0 Å². The Morgan fingerprint density at radius 1 is 1.58 bits per heavy atom. The van der Waals surface area contributed by atoms with Gasteiger partial charge in [-0.15, -0.1) is 11.3 Å². The summed E-state index contributed by atoms with van der Waals surface area (Å²) in [6, 6.07) is 2.05. The van der Waals surface area contributed by atoms with E-state index in [2.05, 4.69) is 19.9 Å². The lowest BCUT2D eigenvalue weighted by Crippen LogP contribution is -2.39. The van der Waals surface area contributed by atoms with Gasteiger partial charge in [-0.05, 0) is 50.2 Å². The highest BCUT2D eigenvalue weighted by molar-refractivity contribution is 7.14. The summed E-state index contributed by atoms with van der Waals surface area (Å²) in [5.74, 6) is 0.643. The van der Waals surface area contributed by atoms with Gasteiger partial charge in [-0.1, -0.05) is 6.92 Å². The molecule has 1 atom stereocenters. The summed E-state index contributed by atoms with van der Waals surface area (Å²) in [5.41, 5.74) is 1.29. The Hall–Kier alpha value is -0.870. The van der Waals surface area contributed by atoms with E-state index in [1.165, 1.54) is 10.4 Å². The summed E-state index contributed by atoms with van der Waals surface area (Å²) in [6.07, 6.45) is 3.99. The van der Waals surface area contributed by atoms with Gasteiger partial charge in [-0.25, -0.2) is 0 Å². The molecule has 1 saturated heterocycles. The van der Waals surface area contributed by atoms with Crippen LogP contribution in [0.5, 0.6) is 0 Å². The van der Waals surface area contributed by atoms with Crippen molar-refractivity contribution in [3.63, 3.8) is 0 Å². The van der Waals surface area contributed by atoms with Crippen LogP contribution < -0.4 is 0 Å².